The van der Waals surface area contributed by atoms with Crippen LogP contribution in [0.25, 0.3) is 0 Å². The molecule has 4 N–H and O–H groups in total. The molecule has 0 bridgehead atoms. The Bertz CT molecular complexity index is 546. The maximum absolute atomic E-state index is 12.4. The topological polar surface area (TPSA) is 101 Å². The highest BCUT2D eigenvalue weighted by Crippen LogP contribution is 2.08. The van der Waals surface area contributed by atoms with Crippen LogP contribution in [0.1, 0.15) is 38.7 Å². The van der Waals surface area contributed by atoms with Crippen LogP contribution >= 0.6 is 0 Å². The van der Waals surface area contributed by atoms with Crippen molar-refractivity contribution in [2.45, 2.75) is 51.6 Å². The summed E-state index contributed by atoms with van der Waals surface area (Å²) in [7, 11) is 0. The Morgan fingerprint density at radius 3 is 2.40 bits per heavy atom. The van der Waals surface area contributed by atoms with Crippen molar-refractivity contribution in [2.75, 3.05) is 6.54 Å². The van der Waals surface area contributed by atoms with Crippen molar-refractivity contribution in [3.8, 4) is 0 Å². The molecule has 0 fully saturated rings. The molecule has 6 heteroatoms. The monoisotopic (exact) mass is 347 g/mol. The van der Waals surface area contributed by atoms with E-state index in [0.717, 1.165) is 19.1 Å². The standard InChI is InChI=1S/C19H29N3O3/c1-14(2)11-17(22-18(24)12-20)19(25)21-16(13-23)10-6-9-15-7-4-3-5-8-15/h3-5,7-8,13-14,16-17H,6,9-12,20H2,1-2H3,(H,21,25)(H,22,24)/t16-,17+/m1/s1. The van der Waals surface area contributed by atoms with Gasteiger partial charge in [0.1, 0.15) is 12.3 Å². The maximum Gasteiger partial charge on any atom is 0.243 e. The van der Waals surface area contributed by atoms with E-state index in [1.165, 1.54) is 5.56 Å². The summed E-state index contributed by atoms with van der Waals surface area (Å²) in [5, 5.41) is 5.34. The highest BCUT2D eigenvalue weighted by Gasteiger charge is 2.23. The van der Waals surface area contributed by atoms with Crippen LogP contribution in [0.4, 0.5) is 0 Å². The quantitative estimate of drug-likeness (QED) is 0.523. The number of aryl methyl sites for hydroxylation is 1. The summed E-state index contributed by atoms with van der Waals surface area (Å²) < 4.78 is 0. The van der Waals surface area contributed by atoms with Gasteiger partial charge in [0, 0.05) is 0 Å². The van der Waals surface area contributed by atoms with E-state index in [-0.39, 0.29) is 24.3 Å². The third-order valence-corrected chi connectivity index (χ3v) is 3.86. The van der Waals surface area contributed by atoms with Crippen molar-refractivity contribution < 1.29 is 14.4 Å². The van der Waals surface area contributed by atoms with Gasteiger partial charge in [0.2, 0.25) is 11.8 Å². The number of carbonyl (C=O) groups excluding carboxylic acids is 3. The van der Waals surface area contributed by atoms with E-state index in [1.807, 2.05) is 44.2 Å². The third-order valence-electron chi connectivity index (χ3n) is 3.86. The summed E-state index contributed by atoms with van der Waals surface area (Å²) in [5.41, 5.74) is 6.50. The predicted octanol–water partition coefficient (Wildman–Crippen LogP) is 1.18. The van der Waals surface area contributed by atoms with Crippen molar-refractivity contribution in [2.24, 2.45) is 11.7 Å². The molecule has 0 aromatic heterocycles. The van der Waals surface area contributed by atoms with Gasteiger partial charge in [0.05, 0.1) is 12.6 Å². The van der Waals surface area contributed by atoms with Gasteiger partial charge in [-0.2, -0.15) is 0 Å². The molecule has 0 radical (unpaired) electrons. The lowest BCUT2D eigenvalue weighted by atomic mass is 10.0. The zero-order valence-corrected chi connectivity index (χ0v) is 15.0. The van der Waals surface area contributed by atoms with Gasteiger partial charge < -0.3 is 21.2 Å². The number of benzene rings is 1. The van der Waals surface area contributed by atoms with Gasteiger partial charge in [-0.3, -0.25) is 9.59 Å². The Morgan fingerprint density at radius 1 is 1.16 bits per heavy atom. The first kappa shape index (κ1) is 20.8. The van der Waals surface area contributed by atoms with Gasteiger partial charge in [-0.05, 0) is 37.2 Å². The summed E-state index contributed by atoms with van der Waals surface area (Å²) in [6.45, 7) is 3.76. The Balaban J connectivity index is 2.52. The van der Waals surface area contributed by atoms with Crippen LogP contribution in [-0.4, -0.2) is 36.7 Å². The minimum absolute atomic E-state index is 0.171. The molecule has 0 heterocycles. The van der Waals surface area contributed by atoms with Crippen LogP contribution in [0, 0.1) is 5.92 Å². The molecule has 0 aliphatic carbocycles. The lowest BCUT2D eigenvalue weighted by Crippen LogP contribution is -2.51. The number of nitrogens with one attached hydrogen (secondary N) is 2. The second-order valence-electron chi connectivity index (χ2n) is 6.58. The van der Waals surface area contributed by atoms with Crippen LogP contribution in [0.3, 0.4) is 0 Å². The average Bonchev–Trinajstić information content (AvgIpc) is 2.60. The Morgan fingerprint density at radius 2 is 1.84 bits per heavy atom. The molecule has 0 unspecified atom stereocenters. The molecule has 25 heavy (non-hydrogen) atoms. The normalized spacial score (nSPS) is 13.1. The largest absolute Gasteiger partial charge is 0.345 e. The van der Waals surface area contributed by atoms with Crippen molar-refractivity contribution in [3.63, 3.8) is 0 Å². The Hall–Kier alpha value is -2.21. The van der Waals surface area contributed by atoms with E-state index in [4.69, 9.17) is 5.73 Å². The number of nitrogens with two attached hydrogens (primary N) is 1. The lowest BCUT2D eigenvalue weighted by molar-refractivity contribution is -0.130. The molecule has 0 saturated heterocycles. The summed E-state index contributed by atoms with van der Waals surface area (Å²) in [4.78, 5) is 35.2. The SMILES string of the molecule is CC(C)C[C@H](NC(=O)CN)C(=O)N[C@@H](C=O)CCCc1ccccc1. The van der Waals surface area contributed by atoms with Gasteiger partial charge in [-0.1, -0.05) is 44.2 Å². The fourth-order valence-electron chi connectivity index (χ4n) is 2.58. The number of hydrogen-bond acceptors (Lipinski definition) is 4. The summed E-state index contributed by atoms with van der Waals surface area (Å²) in [6.07, 6.45) is 3.44. The molecule has 0 aliphatic rings. The Kier molecular flexibility index (Phi) is 9.47. The minimum Gasteiger partial charge on any atom is -0.345 e. The van der Waals surface area contributed by atoms with Crippen LogP contribution in [0.5, 0.6) is 0 Å². The molecule has 1 rings (SSSR count). The Labute approximate surface area is 149 Å². The van der Waals surface area contributed by atoms with Gasteiger partial charge >= 0.3 is 0 Å². The van der Waals surface area contributed by atoms with E-state index >= 15 is 0 Å². The molecule has 2 amide bonds. The van der Waals surface area contributed by atoms with E-state index in [9.17, 15) is 14.4 Å². The summed E-state index contributed by atoms with van der Waals surface area (Å²) >= 11 is 0. The maximum atomic E-state index is 12.4. The number of carbonyl (C=O) groups is 3. The van der Waals surface area contributed by atoms with Crippen LogP contribution in [0.2, 0.25) is 0 Å². The molecule has 1 aromatic carbocycles. The van der Waals surface area contributed by atoms with Crippen LogP contribution < -0.4 is 16.4 Å². The van der Waals surface area contributed by atoms with Crippen LogP contribution in [-0.2, 0) is 20.8 Å². The lowest BCUT2D eigenvalue weighted by Gasteiger charge is -2.22. The zero-order valence-electron chi connectivity index (χ0n) is 15.0. The predicted molar refractivity (Wildman–Crippen MR) is 97.8 cm³/mol. The van der Waals surface area contributed by atoms with E-state index in [2.05, 4.69) is 10.6 Å². The fourth-order valence-corrected chi connectivity index (χ4v) is 2.58. The molecule has 2 atom stereocenters. The van der Waals surface area contributed by atoms with Gasteiger partial charge in [-0.25, -0.2) is 0 Å². The summed E-state index contributed by atoms with van der Waals surface area (Å²) in [5.74, 6) is -0.499. The van der Waals surface area contributed by atoms with Crippen molar-refractivity contribution in [1.29, 1.82) is 0 Å². The molecular weight excluding hydrogens is 318 g/mol. The number of amides is 2. The zero-order chi connectivity index (χ0) is 18.7. The first-order valence-corrected chi connectivity index (χ1v) is 8.75. The smallest absolute Gasteiger partial charge is 0.243 e. The minimum atomic E-state index is -0.673. The second kappa shape index (κ2) is 11.4. The van der Waals surface area contributed by atoms with Crippen LogP contribution in [0.15, 0.2) is 30.3 Å². The highest BCUT2D eigenvalue weighted by atomic mass is 16.2. The fraction of sp³-hybridized carbons (Fsp3) is 0.526. The highest BCUT2D eigenvalue weighted by molar-refractivity contribution is 5.89. The van der Waals surface area contributed by atoms with E-state index in [0.29, 0.717) is 12.8 Å². The van der Waals surface area contributed by atoms with Gasteiger partial charge in [0.15, 0.2) is 0 Å². The third kappa shape index (κ3) is 8.44. The molecule has 0 saturated carbocycles. The van der Waals surface area contributed by atoms with Gasteiger partial charge in [0.25, 0.3) is 0 Å². The summed E-state index contributed by atoms with van der Waals surface area (Å²) in [6, 6.07) is 8.76. The average molecular weight is 347 g/mol. The first-order valence-electron chi connectivity index (χ1n) is 8.75. The molecule has 0 aliphatic heterocycles. The van der Waals surface area contributed by atoms with E-state index in [1.54, 1.807) is 0 Å². The van der Waals surface area contributed by atoms with Crippen molar-refractivity contribution >= 4 is 18.1 Å². The van der Waals surface area contributed by atoms with Gasteiger partial charge in [-0.15, -0.1) is 0 Å². The first-order chi connectivity index (χ1) is 12.0. The molecule has 138 valence electrons. The second-order valence-corrected chi connectivity index (χ2v) is 6.58. The number of hydrogen-bond donors (Lipinski definition) is 3. The molecule has 6 nitrogen and oxygen atoms in total. The molecule has 0 spiro atoms. The van der Waals surface area contributed by atoms with Crippen molar-refractivity contribution in [1.82, 2.24) is 10.6 Å². The van der Waals surface area contributed by atoms with Crippen molar-refractivity contribution in [3.05, 3.63) is 35.9 Å². The molecular formula is C19H29N3O3. The number of rotatable bonds is 11. The van der Waals surface area contributed by atoms with E-state index < -0.39 is 12.1 Å². The molecule has 1 aromatic rings. The number of aldehydes is 1.